The first-order valence-corrected chi connectivity index (χ1v) is 6.48. The van der Waals surface area contributed by atoms with Gasteiger partial charge in [-0.15, -0.1) is 0 Å². The second-order valence-electron chi connectivity index (χ2n) is 4.30. The van der Waals surface area contributed by atoms with Crippen molar-refractivity contribution in [3.05, 3.63) is 66.4 Å². The Morgan fingerprint density at radius 2 is 1.71 bits per heavy atom. The summed E-state index contributed by atoms with van der Waals surface area (Å²) >= 11 is 0. The third-order valence-corrected chi connectivity index (χ3v) is 2.93. The van der Waals surface area contributed by atoms with Crippen LogP contribution in [0.25, 0.3) is 0 Å². The van der Waals surface area contributed by atoms with Gasteiger partial charge in [-0.05, 0) is 36.4 Å². The van der Waals surface area contributed by atoms with E-state index in [0.29, 0.717) is 11.3 Å². The molecule has 0 amide bonds. The highest BCUT2D eigenvalue weighted by molar-refractivity contribution is 6.04. The van der Waals surface area contributed by atoms with Crippen molar-refractivity contribution in [1.29, 1.82) is 0 Å². The van der Waals surface area contributed by atoms with Crippen LogP contribution in [0.2, 0.25) is 0 Å². The predicted octanol–water partition coefficient (Wildman–Crippen LogP) is 3.51. The molecule has 0 bridgehead atoms. The van der Waals surface area contributed by atoms with Crippen LogP contribution in [0.15, 0.2) is 60.8 Å². The quantitative estimate of drug-likeness (QED) is 0.651. The van der Waals surface area contributed by atoms with E-state index >= 15 is 0 Å². The minimum atomic E-state index is -0.0880. The number of rotatable bonds is 6. The molecule has 0 radical (unpaired) electrons. The number of carbonyl (C=O) groups is 1. The van der Waals surface area contributed by atoms with Crippen LogP contribution in [0.5, 0.6) is 11.5 Å². The van der Waals surface area contributed by atoms with E-state index in [0.717, 1.165) is 11.4 Å². The van der Waals surface area contributed by atoms with Crippen molar-refractivity contribution in [2.45, 2.75) is 0 Å². The Kier molecular flexibility index (Phi) is 4.99. The van der Waals surface area contributed by atoms with Gasteiger partial charge >= 0.3 is 0 Å². The predicted molar refractivity (Wildman–Crippen MR) is 83.1 cm³/mol. The van der Waals surface area contributed by atoms with Crippen molar-refractivity contribution < 1.29 is 14.3 Å². The summed E-state index contributed by atoms with van der Waals surface area (Å²) in [5.74, 6) is 1.37. The lowest BCUT2D eigenvalue weighted by molar-refractivity contribution is 0.104. The topological polar surface area (TPSA) is 47.6 Å². The molecule has 0 unspecified atom stereocenters. The number of allylic oxidation sites excluding steroid dienone is 1. The monoisotopic (exact) mass is 283 g/mol. The van der Waals surface area contributed by atoms with Gasteiger partial charge in [-0.3, -0.25) is 4.79 Å². The maximum atomic E-state index is 12.0. The van der Waals surface area contributed by atoms with Crippen molar-refractivity contribution >= 4 is 11.5 Å². The Morgan fingerprint density at radius 3 is 2.38 bits per heavy atom. The van der Waals surface area contributed by atoms with Gasteiger partial charge in [0.05, 0.1) is 14.2 Å². The molecule has 2 rings (SSSR count). The minimum absolute atomic E-state index is 0.0880. The fraction of sp³-hybridized carbons (Fsp3) is 0.118. The molecular formula is C17H17NO3. The smallest absolute Gasteiger partial charge is 0.187 e. The maximum Gasteiger partial charge on any atom is 0.187 e. The summed E-state index contributed by atoms with van der Waals surface area (Å²) in [6.45, 7) is 0. The molecule has 0 aromatic heterocycles. The minimum Gasteiger partial charge on any atom is -0.497 e. The fourth-order valence-corrected chi connectivity index (χ4v) is 1.77. The summed E-state index contributed by atoms with van der Waals surface area (Å²) < 4.78 is 10.2. The second-order valence-corrected chi connectivity index (χ2v) is 4.30. The Hall–Kier alpha value is -2.75. The number of ketones is 1. The lowest BCUT2D eigenvalue weighted by Crippen LogP contribution is -1.97. The van der Waals surface area contributed by atoms with E-state index in [1.54, 1.807) is 44.7 Å². The number of anilines is 1. The molecule has 0 saturated heterocycles. The first-order chi connectivity index (χ1) is 10.2. The van der Waals surface area contributed by atoms with Gasteiger partial charge in [-0.25, -0.2) is 0 Å². The molecule has 0 aliphatic heterocycles. The van der Waals surface area contributed by atoms with Crippen molar-refractivity contribution in [1.82, 2.24) is 0 Å². The van der Waals surface area contributed by atoms with Gasteiger partial charge in [0, 0.05) is 23.5 Å². The lowest BCUT2D eigenvalue weighted by Gasteiger charge is -2.03. The van der Waals surface area contributed by atoms with Gasteiger partial charge in [0.25, 0.3) is 0 Å². The van der Waals surface area contributed by atoms with Crippen molar-refractivity contribution in [3.63, 3.8) is 0 Å². The standard InChI is InChI=1S/C17H17NO3/c1-20-15-8-6-14(7-9-15)18-11-10-17(19)13-4-3-5-16(12-13)21-2/h3-12,18H,1-2H3/b11-10+. The molecule has 0 aliphatic rings. The summed E-state index contributed by atoms with van der Waals surface area (Å²) in [4.78, 5) is 12.0. The van der Waals surface area contributed by atoms with E-state index < -0.39 is 0 Å². The summed E-state index contributed by atoms with van der Waals surface area (Å²) in [6, 6.07) is 14.5. The van der Waals surface area contributed by atoms with Gasteiger partial charge in [0.2, 0.25) is 0 Å². The summed E-state index contributed by atoms with van der Waals surface area (Å²) in [5, 5.41) is 3.04. The number of benzene rings is 2. The fourth-order valence-electron chi connectivity index (χ4n) is 1.77. The van der Waals surface area contributed by atoms with E-state index in [9.17, 15) is 4.79 Å². The van der Waals surface area contributed by atoms with Gasteiger partial charge in [0.15, 0.2) is 5.78 Å². The lowest BCUT2D eigenvalue weighted by atomic mass is 10.1. The number of hydrogen-bond acceptors (Lipinski definition) is 4. The van der Waals surface area contributed by atoms with Gasteiger partial charge < -0.3 is 14.8 Å². The number of methoxy groups -OCH3 is 2. The van der Waals surface area contributed by atoms with Crippen molar-refractivity contribution in [2.75, 3.05) is 19.5 Å². The Bertz CT molecular complexity index is 633. The zero-order valence-corrected chi connectivity index (χ0v) is 12.0. The third kappa shape index (κ3) is 4.11. The van der Waals surface area contributed by atoms with Crippen molar-refractivity contribution in [2.24, 2.45) is 0 Å². The number of carbonyl (C=O) groups excluding carboxylic acids is 1. The third-order valence-electron chi connectivity index (χ3n) is 2.93. The molecule has 108 valence electrons. The van der Waals surface area contributed by atoms with E-state index in [4.69, 9.17) is 9.47 Å². The Morgan fingerprint density at radius 1 is 1.00 bits per heavy atom. The highest BCUT2D eigenvalue weighted by Crippen LogP contribution is 2.15. The molecule has 0 fully saturated rings. The van der Waals surface area contributed by atoms with Crippen LogP contribution in [0.3, 0.4) is 0 Å². The molecule has 21 heavy (non-hydrogen) atoms. The number of hydrogen-bond donors (Lipinski definition) is 1. The molecule has 0 atom stereocenters. The first kappa shape index (κ1) is 14.7. The molecule has 0 heterocycles. The van der Waals surface area contributed by atoms with E-state index in [-0.39, 0.29) is 5.78 Å². The Balaban J connectivity index is 1.97. The van der Waals surface area contributed by atoms with Crippen LogP contribution < -0.4 is 14.8 Å². The zero-order valence-electron chi connectivity index (χ0n) is 12.0. The van der Waals surface area contributed by atoms with Crippen LogP contribution in [0.1, 0.15) is 10.4 Å². The summed E-state index contributed by atoms with van der Waals surface area (Å²) in [6.07, 6.45) is 3.10. The average molecular weight is 283 g/mol. The van der Waals surface area contributed by atoms with Gasteiger partial charge in [-0.2, -0.15) is 0 Å². The molecule has 4 nitrogen and oxygen atoms in total. The summed E-state index contributed by atoms with van der Waals surface area (Å²) in [7, 11) is 3.19. The molecule has 2 aromatic carbocycles. The van der Waals surface area contributed by atoms with Gasteiger partial charge in [-0.1, -0.05) is 12.1 Å². The summed E-state index contributed by atoms with van der Waals surface area (Å²) in [5.41, 5.74) is 1.47. The molecule has 1 N–H and O–H groups in total. The molecule has 0 aliphatic carbocycles. The highest BCUT2D eigenvalue weighted by Gasteiger charge is 2.02. The first-order valence-electron chi connectivity index (χ1n) is 6.48. The SMILES string of the molecule is COc1ccc(N/C=C/C(=O)c2cccc(OC)c2)cc1. The van der Waals surface area contributed by atoms with E-state index in [1.807, 2.05) is 24.3 Å². The van der Waals surface area contributed by atoms with Crippen LogP contribution in [0, 0.1) is 0 Å². The van der Waals surface area contributed by atoms with Crippen molar-refractivity contribution in [3.8, 4) is 11.5 Å². The number of nitrogens with one attached hydrogen (secondary N) is 1. The highest BCUT2D eigenvalue weighted by atomic mass is 16.5. The number of ether oxygens (including phenoxy) is 2. The molecule has 4 heteroatoms. The average Bonchev–Trinajstić information content (AvgIpc) is 2.55. The normalized spacial score (nSPS) is 10.4. The van der Waals surface area contributed by atoms with Crippen LogP contribution >= 0.6 is 0 Å². The maximum absolute atomic E-state index is 12.0. The van der Waals surface area contributed by atoms with E-state index in [2.05, 4.69) is 5.32 Å². The van der Waals surface area contributed by atoms with Crippen LogP contribution in [-0.2, 0) is 0 Å². The second kappa shape index (κ2) is 7.14. The molecule has 2 aromatic rings. The molecule has 0 saturated carbocycles. The van der Waals surface area contributed by atoms with E-state index in [1.165, 1.54) is 6.08 Å². The zero-order chi connectivity index (χ0) is 15.1. The van der Waals surface area contributed by atoms with Gasteiger partial charge in [0.1, 0.15) is 11.5 Å². The van der Waals surface area contributed by atoms with Crippen LogP contribution in [0.4, 0.5) is 5.69 Å². The molecule has 0 spiro atoms. The largest absolute Gasteiger partial charge is 0.497 e. The van der Waals surface area contributed by atoms with Crippen LogP contribution in [-0.4, -0.2) is 20.0 Å². The Labute approximate surface area is 124 Å². The molecular weight excluding hydrogens is 266 g/mol.